The molecule has 1 aliphatic heterocycles. The Hall–Kier alpha value is -3.52. The highest BCUT2D eigenvalue weighted by molar-refractivity contribution is 5.83. The van der Waals surface area contributed by atoms with Crippen LogP contribution >= 0.6 is 0 Å². The van der Waals surface area contributed by atoms with Crippen molar-refractivity contribution in [2.45, 2.75) is 26.3 Å². The average Bonchev–Trinajstić information content (AvgIpc) is 2.83. The monoisotopic (exact) mass is 453 g/mol. The molecule has 0 radical (unpaired) electrons. The number of piperidine rings is 1. The van der Waals surface area contributed by atoms with Gasteiger partial charge in [-0.25, -0.2) is 0 Å². The van der Waals surface area contributed by atoms with Gasteiger partial charge in [-0.3, -0.25) is 14.5 Å². The molecule has 1 aliphatic rings. The highest BCUT2D eigenvalue weighted by atomic mass is 16.5. The Morgan fingerprint density at radius 1 is 1.24 bits per heavy atom. The number of hydrogen-bond donors (Lipinski definition) is 1. The zero-order valence-electron chi connectivity index (χ0n) is 18.7. The molecule has 0 spiro atoms. The lowest BCUT2D eigenvalue weighted by atomic mass is 9.97. The zero-order valence-corrected chi connectivity index (χ0v) is 18.7. The third kappa shape index (κ3) is 4.96. The third-order valence-electron chi connectivity index (χ3n) is 5.76. The molecule has 8 nitrogen and oxygen atoms in total. The summed E-state index contributed by atoms with van der Waals surface area (Å²) in [5.41, 5.74) is 0.460. The van der Waals surface area contributed by atoms with E-state index >= 15 is 0 Å². The summed E-state index contributed by atoms with van der Waals surface area (Å²) in [7, 11) is 1.55. The smallest absolute Gasteiger partial charge is 0.310 e. The molecule has 1 atom stereocenters. The van der Waals surface area contributed by atoms with Crippen LogP contribution in [0, 0.1) is 5.92 Å². The lowest BCUT2D eigenvalue weighted by Crippen LogP contribution is -2.39. The van der Waals surface area contributed by atoms with E-state index in [1.54, 1.807) is 38.3 Å². The van der Waals surface area contributed by atoms with Crippen LogP contribution in [0.3, 0.4) is 0 Å². The predicted molar refractivity (Wildman–Crippen MR) is 122 cm³/mol. The van der Waals surface area contributed by atoms with Crippen molar-refractivity contribution < 1.29 is 28.5 Å². The van der Waals surface area contributed by atoms with Gasteiger partial charge in [0, 0.05) is 19.2 Å². The minimum atomic E-state index is -0.344. The van der Waals surface area contributed by atoms with Gasteiger partial charge in [-0.15, -0.1) is 0 Å². The van der Waals surface area contributed by atoms with E-state index in [2.05, 4.69) is 4.90 Å². The van der Waals surface area contributed by atoms with E-state index < -0.39 is 0 Å². The minimum absolute atomic E-state index is 0.0328. The molecule has 0 aliphatic carbocycles. The average molecular weight is 453 g/mol. The van der Waals surface area contributed by atoms with E-state index in [0.717, 1.165) is 19.4 Å². The van der Waals surface area contributed by atoms with Gasteiger partial charge < -0.3 is 23.7 Å². The van der Waals surface area contributed by atoms with Crippen molar-refractivity contribution in [3.63, 3.8) is 0 Å². The fraction of sp³-hybridized carbons (Fsp3) is 0.360. The molecule has 1 N–H and O–H groups in total. The van der Waals surface area contributed by atoms with E-state index in [-0.39, 0.29) is 28.8 Å². The van der Waals surface area contributed by atoms with E-state index in [4.69, 9.17) is 18.6 Å². The Labute approximate surface area is 191 Å². The second-order valence-electron chi connectivity index (χ2n) is 7.98. The first-order valence-corrected chi connectivity index (χ1v) is 11.0. The fourth-order valence-electron chi connectivity index (χ4n) is 4.12. The number of phenolic OH excluding ortho intramolecular Hbond substituents is 1. The number of rotatable bonds is 7. The van der Waals surface area contributed by atoms with Crippen LogP contribution in [0.15, 0.2) is 51.9 Å². The molecular formula is C25H27NO7. The number of ether oxygens (including phenoxy) is 3. The quantitative estimate of drug-likeness (QED) is 0.535. The third-order valence-corrected chi connectivity index (χ3v) is 5.76. The summed E-state index contributed by atoms with van der Waals surface area (Å²) in [5.74, 6) is 0.713. The van der Waals surface area contributed by atoms with Gasteiger partial charge in [0.15, 0.2) is 0 Å². The summed E-state index contributed by atoms with van der Waals surface area (Å²) < 4.78 is 21.9. The summed E-state index contributed by atoms with van der Waals surface area (Å²) in [6.07, 6.45) is 2.87. The predicted octanol–water partition coefficient (Wildman–Crippen LogP) is 4.07. The highest BCUT2D eigenvalue weighted by Crippen LogP contribution is 2.31. The topological polar surface area (TPSA) is 98.4 Å². The first-order chi connectivity index (χ1) is 16.0. The molecule has 4 rings (SSSR count). The van der Waals surface area contributed by atoms with Crippen LogP contribution in [0.5, 0.6) is 23.0 Å². The number of benzene rings is 2. The van der Waals surface area contributed by atoms with Gasteiger partial charge in [0.25, 0.3) is 0 Å². The maximum absolute atomic E-state index is 13.1. The molecule has 3 aromatic rings. The van der Waals surface area contributed by atoms with Crippen molar-refractivity contribution in [1.82, 2.24) is 4.90 Å². The number of aromatic hydroxyl groups is 1. The largest absolute Gasteiger partial charge is 0.507 e. The van der Waals surface area contributed by atoms with Crippen molar-refractivity contribution in [2.75, 3.05) is 26.8 Å². The fourth-order valence-corrected chi connectivity index (χ4v) is 4.12. The SMILES string of the molecule is CCOC(=O)C1CCCN(Cc2c(O)ccc3c(=O)c(Oc4cccc(OC)c4)coc23)C1. The summed E-state index contributed by atoms with van der Waals surface area (Å²) in [4.78, 5) is 27.3. The van der Waals surface area contributed by atoms with E-state index in [1.165, 1.54) is 18.4 Å². The first kappa shape index (κ1) is 22.7. The second kappa shape index (κ2) is 9.95. The minimum Gasteiger partial charge on any atom is -0.507 e. The van der Waals surface area contributed by atoms with Crippen molar-refractivity contribution in [1.29, 1.82) is 0 Å². The maximum Gasteiger partial charge on any atom is 0.310 e. The molecule has 174 valence electrons. The molecular weight excluding hydrogens is 426 g/mol. The lowest BCUT2D eigenvalue weighted by Gasteiger charge is -2.31. The van der Waals surface area contributed by atoms with Crippen molar-refractivity contribution >= 4 is 16.9 Å². The van der Waals surface area contributed by atoms with E-state index in [1.807, 2.05) is 0 Å². The highest BCUT2D eigenvalue weighted by Gasteiger charge is 2.28. The lowest BCUT2D eigenvalue weighted by molar-refractivity contribution is -0.150. The van der Waals surface area contributed by atoms with Gasteiger partial charge in [-0.05, 0) is 50.6 Å². The van der Waals surface area contributed by atoms with Gasteiger partial charge in [0.1, 0.15) is 29.1 Å². The number of carbonyl (C=O) groups excluding carboxylic acids is 1. The van der Waals surface area contributed by atoms with Crippen LogP contribution in [0.25, 0.3) is 11.0 Å². The van der Waals surface area contributed by atoms with Crippen molar-refractivity contribution in [3.8, 4) is 23.0 Å². The number of methoxy groups -OCH3 is 1. The standard InChI is InChI=1S/C25H27NO7/c1-3-31-25(29)16-6-5-11-26(13-16)14-20-21(27)10-9-19-23(28)22(15-32-24(19)20)33-18-8-4-7-17(12-18)30-2/h4,7-10,12,15-16,27H,3,5-6,11,13-14H2,1-2H3. The number of hydrogen-bond acceptors (Lipinski definition) is 8. The molecule has 2 aromatic carbocycles. The molecule has 1 fully saturated rings. The number of phenols is 1. The Balaban J connectivity index is 1.60. The van der Waals surface area contributed by atoms with Crippen LogP contribution in [0.1, 0.15) is 25.3 Å². The van der Waals surface area contributed by atoms with Crippen LogP contribution in [-0.2, 0) is 16.1 Å². The summed E-state index contributed by atoms with van der Waals surface area (Å²) in [6, 6.07) is 9.92. The van der Waals surface area contributed by atoms with Crippen LogP contribution in [-0.4, -0.2) is 42.8 Å². The maximum atomic E-state index is 13.1. The summed E-state index contributed by atoms with van der Waals surface area (Å²) >= 11 is 0. The molecule has 1 aromatic heterocycles. The molecule has 0 bridgehead atoms. The molecule has 0 amide bonds. The Morgan fingerprint density at radius 3 is 2.85 bits per heavy atom. The molecule has 33 heavy (non-hydrogen) atoms. The number of esters is 1. The van der Waals surface area contributed by atoms with Crippen molar-refractivity contribution in [3.05, 3.63) is 58.4 Å². The van der Waals surface area contributed by atoms with Gasteiger partial charge in [0.05, 0.1) is 30.6 Å². The van der Waals surface area contributed by atoms with E-state index in [9.17, 15) is 14.7 Å². The summed E-state index contributed by atoms with van der Waals surface area (Å²) in [6.45, 7) is 3.78. The van der Waals surface area contributed by atoms with Gasteiger partial charge in [0.2, 0.25) is 11.2 Å². The number of carbonyl (C=O) groups is 1. The number of fused-ring (bicyclic) bond motifs is 1. The Morgan fingerprint density at radius 2 is 2.06 bits per heavy atom. The Kier molecular flexibility index (Phi) is 6.84. The van der Waals surface area contributed by atoms with Crippen LogP contribution in [0.2, 0.25) is 0 Å². The second-order valence-corrected chi connectivity index (χ2v) is 7.98. The molecule has 0 saturated carbocycles. The zero-order chi connectivity index (χ0) is 23.4. The van der Waals surface area contributed by atoms with Crippen LogP contribution < -0.4 is 14.9 Å². The van der Waals surface area contributed by atoms with Crippen molar-refractivity contribution in [2.24, 2.45) is 5.92 Å². The molecule has 8 heteroatoms. The van der Waals surface area contributed by atoms with Crippen LogP contribution in [0.4, 0.5) is 0 Å². The van der Waals surface area contributed by atoms with Gasteiger partial charge in [-0.2, -0.15) is 0 Å². The summed E-state index contributed by atoms with van der Waals surface area (Å²) in [5, 5.41) is 10.8. The van der Waals surface area contributed by atoms with E-state index in [0.29, 0.717) is 47.7 Å². The Bertz CT molecular complexity index is 1200. The van der Waals surface area contributed by atoms with Gasteiger partial charge >= 0.3 is 5.97 Å². The normalized spacial score (nSPS) is 16.5. The first-order valence-electron chi connectivity index (χ1n) is 11.0. The molecule has 1 unspecified atom stereocenters. The number of nitrogens with zero attached hydrogens (tertiary/aromatic N) is 1. The number of likely N-dealkylation sites (tertiary alicyclic amines) is 1. The van der Waals surface area contributed by atoms with Gasteiger partial charge in [-0.1, -0.05) is 6.07 Å². The molecule has 1 saturated heterocycles. The molecule has 2 heterocycles.